The third kappa shape index (κ3) is 3.68. The zero-order valence-corrected chi connectivity index (χ0v) is 10.7. The predicted molar refractivity (Wildman–Crippen MR) is 67.5 cm³/mol. The van der Waals surface area contributed by atoms with Gasteiger partial charge in [0.15, 0.2) is 0 Å². The summed E-state index contributed by atoms with van der Waals surface area (Å²) in [5.74, 6) is -0.160. The van der Waals surface area contributed by atoms with Crippen molar-refractivity contribution < 1.29 is 23.8 Å². The van der Waals surface area contributed by atoms with E-state index in [2.05, 4.69) is 0 Å². The van der Waals surface area contributed by atoms with Crippen molar-refractivity contribution in [3.63, 3.8) is 0 Å². The smallest absolute Gasteiger partial charge is 0.288 e. The van der Waals surface area contributed by atoms with E-state index < -0.39 is 6.10 Å². The minimum absolute atomic E-state index is 0.0760. The standard InChI is InChI=1S/C12H12FNO4S/c13-8-1-3-10(4-2-8)18-6-9(15)5-14-11(16)7-19-12(14)17/h1-4,9,15H,5-7H2. The number of halogens is 1. The van der Waals surface area contributed by atoms with Crippen molar-refractivity contribution in [1.82, 2.24) is 4.90 Å². The highest BCUT2D eigenvalue weighted by molar-refractivity contribution is 8.14. The largest absolute Gasteiger partial charge is 0.491 e. The molecule has 1 unspecified atom stereocenters. The zero-order chi connectivity index (χ0) is 13.8. The molecule has 0 bridgehead atoms. The fraction of sp³-hybridized carbons (Fsp3) is 0.333. The zero-order valence-electron chi connectivity index (χ0n) is 9.91. The molecule has 1 heterocycles. The highest BCUT2D eigenvalue weighted by atomic mass is 32.2. The lowest BCUT2D eigenvalue weighted by atomic mass is 10.3. The number of thioether (sulfide) groups is 1. The number of amides is 2. The number of hydrogen-bond donors (Lipinski definition) is 1. The molecule has 1 atom stereocenters. The molecular weight excluding hydrogens is 273 g/mol. The number of ether oxygens (including phenoxy) is 1. The van der Waals surface area contributed by atoms with Crippen LogP contribution in [0.1, 0.15) is 0 Å². The maximum atomic E-state index is 12.7. The molecule has 0 aromatic heterocycles. The van der Waals surface area contributed by atoms with Gasteiger partial charge in [-0.1, -0.05) is 11.8 Å². The molecule has 1 aromatic carbocycles. The van der Waals surface area contributed by atoms with Crippen molar-refractivity contribution in [3.05, 3.63) is 30.1 Å². The highest BCUT2D eigenvalue weighted by Gasteiger charge is 2.31. The second kappa shape index (κ2) is 6.03. The molecular formula is C12H12FNO4S. The van der Waals surface area contributed by atoms with Crippen molar-refractivity contribution in [2.45, 2.75) is 6.10 Å². The molecule has 1 aromatic rings. The normalized spacial score (nSPS) is 16.8. The third-order valence-corrected chi connectivity index (χ3v) is 3.35. The Morgan fingerprint density at radius 2 is 2.05 bits per heavy atom. The first-order valence-corrected chi connectivity index (χ1v) is 6.58. The molecule has 7 heteroatoms. The molecule has 0 radical (unpaired) electrons. The van der Waals surface area contributed by atoms with Gasteiger partial charge in [-0.2, -0.15) is 0 Å². The number of aliphatic hydroxyl groups is 1. The summed E-state index contributed by atoms with van der Waals surface area (Å²) in [6, 6.07) is 5.35. The van der Waals surface area contributed by atoms with Gasteiger partial charge in [-0.3, -0.25) is 14.5 Å². The summed E-state index contributed by atoms with van der Waals surface area (Å²) < 4.78 is 17.9. The van der Waals surface area contributed by atoms with Crippen LogP contribution < -0.4 is 4.74 Å². The molecule has 2 rings (SSSR count). The van der Waals surface area contributed by atoms with Crippen LogP contribution in [0, 0.1) is 5.82 Å². The second-order valence-corrected chi connectivity index (χ2v) is 4.90. The van der Waals surface area contributed by atoms with E-state index in [0.29, 0.717) is 5.75 Å². The molecule has 1 saturated heterocycles. The van der Waals surface area contributed by atoms with Crippen LogP contribution in [0.4, 0.5) is 9.18 Å². The number of hydrogen-bond acceptors (Lipinski definition) is 5. The van der Waals surface area contributed by atoms with Crippen LogP contribution in [0.15, 0.2) is 24.3 Å². The maximum Gasteiger partial charge on any atom is 0.288 e. The molecule has 1 N–H and O–H groups in total. The average molecular weight is 285 g/mol. The number of aliphatic hydroxyl groups excluding tert-OH is 1. The van der Waals surface area contributed by atoms with Crippen LogP contribution in [-0.2, 0) is 4.79 Å². The number of imide groups is 1. The topological polar surface area (TPSA) is 66.8 Å². The SMILES string of the molecule is O=C1CSC(=O)N1CC(O)COc1ccc(F)cc1. The van der Waals surface area contributed by atoms with Crippen LogP contribution in [0.25, 0.3) is 0 Å². The van der Waals surface area contributed by atoms with E-state index >= 15 is 0 Å². The van der Waals surface area contributed by atoms with Gasteiger partial charge in [0.1, 0.15) is 24.3 Å². The molecule has 1 aliphatic heterocycles. The molecule has 0 spiro atoms. The third-order valence-electron chi connectivity index (χ3n) is 2.49. The summed E-state index contributed by atoms with van der Waals surface area (Å²) in [5, 5.41) is 9.35. The quantitative estimate of drug-likeness (QED) is 0.882. The van der Waals surface area contributed by atoms with Gasteiger partial charge < -0.3 is 9.84 Å². The number of rotatable bonds is 5. The molecule has 0 aliphatic carbocycles. The molecule has 102 valence electrons. The van der Waals surface area contributed by atoms with Crippen LogP contribution >= 0.6 is 11.8 Å². The molecule has 0 saturated carbocycles. The van der Waals surface area contributed by atoms with Crippen LogP contribution in [0.2, 0.25) is 0 Å². The Balaban J connectivity index is 1.81. The molecule has 5 nitrogen and oxygen atoms in total. The summed E-state index contributed by atoms with van der Waals surface area (Å²) in [6.07, 6.45) is -0.975. The first kappa shape index (κ1) is 13.8. The molecule has 1 aliphatic rings. The van der Waals surface area contributed by atoms with Gasteiger partial charge >= 0.3 is 0 Å². The predicted octanol–water partition coefficient (Wildman–Crippen LogP) is 1.26. The Morgan fingerprint density at radius 3 is 2.63 bits per heavy atom. The Kier molecular flexibility index (Phi) is 4.39. The maximum absolute atomic E-state index is 12.7. The summed E-state index contributed by atoms with van der Waals surface area (Å²) in [6.45, 7) is -0.167. The van der Waals surface area contributed by atoms with Crippen molar-refractivity contribution >= 4 is 22.9 Å². The number of carbonyl (C=O) groups excluding carboxylic acids is 2. The van der Waals surface area contributed by atoms with Gasteiger partial charge in [0.2, 0.25) is 5.91 Å². The van der Waals surface area contributed by atoms with Gasteiger partial charge in [0, 0.05) is 0 Å². The number of benzene rings is 1. The summed E-state index contributed by atoms with van der Waals surface area (Å²) in [5.41, 5.74) is 0. The fourth-order valence-corrected chi connectivity index (χ4v) is 2.28. The lowest BCUT2D eigenvalue weighted by molar-refractivity contribution is -0.125. The monoisotopic (exact) mass is 285 g/mol. The minimum Gasteiger partial charge on any atom is -0.491 e. The van der Waals surface area contributed by atoms with Crippen molar-refractivity contribution in [2.75, 3.05) is 18.9 Å². The van der Waals surface area contributed by atoms with E-state index in [0.717, 1.165) is 16.7 Å². The Labute approximate surface area is 113 Å². The number of β-amino-alcohol motifs (C(OH)–C–C–N with tert-alkyl or cyclic N) is 1. The molecule has 2 amide bonds. The lowest BCUT2D eigenvalue weighted by Crippen LogP contribution is -2.38. The van der Waals surface area contributed by atoms with E-state index in [9.17, 15) is 19.1 Å². The fourth-order valence-electron chi connectivity index (χ4n) is 1.54. The highest BCUT2D eigenvalue weighted by Crippen LogP contribution is 2.19. The number of carbonyl (C=O) groups is 2. The molecule has 1 fully saturated rings. The van der Waals surface area contributed by atoms with Crippen LogP contribution in [0.3, 0.4) is 0 Å². The van der Waals surface area contributed by atoms with Gasteiger partial charge in [-0.05, 0) is 24.3 Å². The summed E-state index contributed by atoms with van der Waals surface area (Å²) in [7, 11) is 0. The van der Waals surface area contributed by atoms with E-state index in [1.54, 1.807) is 0 Å². The molecule has 19 heavy (non-hydrogen) atoms. The van der Waals surface area contributed by atoms with Gasteiger partial charge in [-0.15, -0.1) is 0 Å². The first-order valence-electron chi connectivity index (χ1n) is 5.60. The van der Waals surface area contributed by atoms with Crippen molar-refractivity contribution in [3.8, 4) is 5.75 Å². The summed E-state index contributed by atoms with van der Waals surface area (Å²) in [4.78, 5) is 23.6. The van der Waals surface area contributed by atoms with E-state index in [1.807, 2.05) is 0 Å². The van der Waals surface area contributed by atoms with Crippen molar-refractivity contribution in [1.29, 1.82) is 0 Å². The summed E-state index contributed by atoms with van der Waals surface area (Å²) >= 11 is 0.915. The Bertz CT molecular complexity index is 463. The Morgan fingerprint density at radius 1 is 1.37 bits per heavy atom. The van der Waals surface area contributed by atoms with Gasteiger partial charge in [0.25, 0.3) is 5.24 Å². The number of nitrogens with zero attached hydrogens (tertiary/aromatic N) is 1. The minimum atomic E-state index is -0.975. The average Bonchev–Trinajstić information content (AvgIpc) is 2.70. The van der Waals surface area contributed by atoms with Gasteiger partial charge in [-0.25, -0.2) is 4.39 Å². The van der Waals surface area contributed by atoms with Crippen LogP contribution in [0.5, 0.6) is 5.75 Å². The lowest BCUT2D eigenvalue weighted by Gasteiger charge is -2.18. The van der Waals surface area contributed by atoms with Gasteiger partial charge in [0.05, 0.1) is 12.3 Å². The Hall–Kier alpha value is -1.60. The van der Waals surface area contributed by atoms with E-state index in [-0.39, 0.29) is 35.9 Å². The van der Waals surface area contributed by atoms with E-state index in [4.69, 9.17) is 4.74 Å². The first-order chi connectivity index (χ1) is 9.06. The van der Waals surface area contributed by atoms with Crippen molar-refractivity contribution in [2.24, 2.45) is 0 Å². The van der Waals surface area contributed by atoms with E-state index in [1.165, 1.54) is 24.3 Å². The second-order valence-electron chi connectivity index (χ2n) is 3.98. The van der Waals surface area contributed by atoms with Crippen LogP contribution in [-0.4, -0.2) is 46.2 Å².